The lowest BCUT2D eigenvalue weighted by atomic mass is 10.2. The van der Waals surface area contributed by atoms with E-state index in [0.717, 1.165) is 24.2 Å². The fourth-order valence-electron chi connectivity index (χ4n) is 2.68. The summed E-state index contributed by atoms with van der Waals surface area (Å²) in [5.41, 5.74) is 7.34. The lowest BCUT2D eigenvalue weighted by Gasteiger charge is -2.08. The number of unbranched alkanes of at least 4 members (excludes halogenated alkanes) is 1. The minimum atomic E-state index is -0.641. The summed E-state index contributed by atoms with van der Waals surface area (Å²) >= 11 is 4.42. The molecule has 0 radical (unpaired) electrons. The number of carbonyl (C=O) groups is 1. The lowest BCUT2D eigenvalue weighted by molar-refractivity contribution is 0.0997. The normalized spacial score (nSPS) is 11.0. The molecule has 0 saturated carbocycles. The Labute approximate surface area is 157 Å². The standard InChI is InChI=1S/C18H21N5O2S/c1-3-5-10-23-17-14(21-18(23)26)13(15(19)24)20-16(22-17)11-6-8-12(9-7-11)25-4-2/h6-9H,3-5,10H2,1-2H3,(H2,19,24)(H,21,26). The summed E-state index contributed by atoms with van der Waals surface area (Å²) in [6.07, 6.45) is 1.97. The Kier molecular flexibility index (Phi) is 5.41. The van der Waals surface area contributed by atoms with Crippen molar-refractivity contribution < 1.29 is 9.53 Å². The van der Waals surface area contributed by atoms with Crippen LogP contribution in [-0.4, -0.2) is 32.0 Å². The average Bonchev–Trinajstić information content (AvgIpc) is 2.95. The first-order chi connectivity index (χ1) is 12.5. The van der Waals surface area contributed by atoms with Gasteiger partial charge in [-0.1, -0.05) is 13.3 Å². The minimum Gasteiger partial charge on any atom is -0.494 e. The number of imidazole rings is 1. The first-order valence-electron chi connectivity index (χ1n) is 8.55. The molecule has 3 aromatic rings. The van der Waals surface area contributed by atoms with E-state index in [1.807, 2.05) is 35.8 Å². The highest BCUT2D eigenvalue weighted by Gasteiger charge is 2.20. The maximum absolute atomic E-state index is 11.9. The van der Waals surface area contributed by atoms with Gasteiger partial charge in [0.2, 0.25) is 0 Å². The summed E-state index contributed by atoms with van der Waals surface area (Å²) in [4.78, 5) is 25.2. The van der Waals surface area contributed by atoms with Gasteiger partial charge in [-0.3, -0.25) is 4.79 Å². The van der Waals surface area contributed by atoms with E-state index in [1.165, 1.54) is 0 Å². The number of hydrogen-bond donors (Lipinski definition) is 2. The number of fused-ring (bicyclic) bond motifs is 1. The third-order valence-corrected chi connectivity index (χ3v) is 4.31. The summed E-state index contributed by atoms with van der Waals surface area (Å²) in [5, 5.41) is 0.495. The molecule has 136 valence electrons. The van der Waals surface area contributed by atoms with Gasteiger partial charge in [0.25, 0.3) is 5.91 Å². The van der Waals surface area contributed by atoms with E-state index in [2.05, 4.69) is 34.5 Å². The maximum Gasteiger partial charge on any atom is 0.269 e. The highest BCUT2D eigenvalue weighted by Crippen LogP contribution is 2.25. The fraction of sp³-hybridized carbons (Fsp3) is 0.333. The summed E-state index contributed by atoms with van der Waals surface area (Å²) < 4.78 is 7.34. The molecule has 2 N–H and O–H groups in total. The number of primary amides is 1. The fourth-order valence-corrected chi connectivity index (χ4v) is 2.97. The van der Waals surface area contributed by atoms with Crippen molar-refractivity contribution >= 4 is 29.7 Å². The molecule has 0 atom stereocenters. The number of nitrogens with two attached hydrogens (primary N) is 1. The van der Waals surface area contributed by atoms with Crippen molar-refractivity contribution in [2.45, 2.75) is 38.4 Å². The van der Waals surface area contributed by atoms with Crippen molar-refractivity contribution in [3.05, 3.63) is 30.0 Å². The van der Waals surface area contributed by atoms with Crippen LogP contribution >= 0.6 is 12.6 Å². The second-order valence-corrected chi connectivity index (χ2v) is 6.21. The monoisotopic (exact) mass is 371 g/mol. The molecule has 7 nitrogen and oxygen atoms in total. The molecular formula is C18H21N5O2S. The zero-order chi connectivity index (χ0) is 18.7. The van der Waals surface area contributed by atoms with Gasteiger partial charge in [0.15, 0.2) is 22.3 Å². The number of aryl methyl sites for hydroxylation is 1. The molecule has 0 aliphatic carbocycles. The van der Waals surface area contributed by atoms with Gasteiger partial charge in [-0.25, -0.2) is 15.0 Å². The Balaban J connectivity index is 2.14. The lowest BCUT2D eigenvalue weighted by Crippen LogP contribution is -2.15. The number of rotatable bonds is 7. The van der Waals surface area contributed by atoms with Gasteiger partial charge in [-0.05, 0) is 37.6 Å². The molecule has 26 heavy (non-hydrogen) atoms. The van der Waals surface area contributed by atoms with E-state index in [4.69, 9.17) is 10.5 Å². The van der Waals surface area contributed by atoms with Crippen molar-refractivity contribution in [3.8, 4) is 17.1 Å². The Bertz CT molecular complexity index is 937. The molecule has 3 rings (SSSR count). The minimum absolute atomic E-state index is 0.101. The van der Waals surface area contributed by atoms with Gasteiger partial charge >= 0.3 is 0 Å². The molecule has 2 heterocycles. The van der Waals surface area contributed by atoms with Gasteiger partial charge in [0, 0.05) is 12.1 Å². The van der Waals surface area contributed by atoms with Gasteiger partial charge in [0.05, 0.1) is 6.61 Å². The number of ether oxygens (including phenoxy) is 1. The van der Waals surface area contributed by atoms with Gasteiger partial charge in [-0.15, -0.1) is 12.6 Å². The first-order valence-corrected chi connectivity index (χ1v) is 9.00. The van der Waals surface area contributed by atoms with Crippen LogP contribution in [-0.2, 0) is 6.54 Å². The number of thiol groups is 1. The quantitative estimate of drug-likeness (QED) is 0.622. The molecule has 1 amide bonds. The van der Waals surface area contributed by atoms with E-state index in [1.54, 1.807) is 0 Å². The number of benzene rings is 1. The van der Waals surface area contributed by atoms with Crippen LogP contribution in [0.4, 0.5) is 0 Å². The van der Waals surface area contributed by atoms with Crippen LogP contribution in [0.1, 0.15) is 37.2 Å². The van der Waals surface area contributed by atoms with E-state index < -0.39 is 5.91 Å². The van der Waals surface area contributed by atoms with E-state index in [9.17, 15) is 4.79 Å². The summed E-state index contributed by atoms with van der Waals surface area (Å²) in [6.45, 7) is 5.34. The Morgan fingerprint density at radius 3 is 2.54 bits per heavy atom. The summed E-state index contributed by atoms with van der Waals surface area (Å²) in [6, 6.07) is 7.39. The zero-order valence-corrected chi connectivity index (χ0v) is 15.7. The second kappa shape index (κ2) is 7.74. The first kappa shape index (κ1) is 18.2. The smallest absolute Gasteiger partial charge is 0.269 e. The van der Waals surface area contributed by atoms with Crippen LogP contribution in [0.15, 0.2) is 29.4 Å². The van der Waals surface area contributed by atoms with Crippen LogP contribution in [0.3, 0.4) is 0 Å². The maximum atomic E-state index is 11.9. The van der Waals surface area contributed by atoms with Crippen LogP contribution in [0.5, 0.6) is 5.75 Å². The van der Waals surface area contributed by atoms with E-state index >= 15 is 0 Å². The topological polar surface area (TPSA) is 95.9 Å². The molecule has 0 bridgehead atoms. The van der Waals surface area contributed by atoms with Crippen molar-refractivity contribution in [2.75, 3.05) is 6.61 Å². The molecule has 2 aromatic heterocycles. The van der Waals surface area contributed by atoms with Gasteiger partial charge in [-0.2, -0.15) is 0 Å². The Morgan fingerprint density at radius 2 is 1.92 bits per heavy atom. The number of aromatic nitrogens is 4. The number of amides is 1. The predicted octanol–water partition coefficient (Wildman–Crippen LogP) is 3.08. The molecule has 0 fully saturated rings. The molecule has 0 spiro atoms. The highest BCUT2D eigenvalue weighted by atomic mass is 32.1. The third kappa shape index (κ3) is 3.50. The van der Waals surface area contributed by atoms with Crippen LogP contribution in [0.2, 0.25) is 0 Å². The Morgan fingerprint density at radius 1 is 1.19 bits per heavy atom. The largest absolute Gasteiger partial charge is 0.494 e. The van der Waals surface area contributed by atoms with Gasteiger partial charge < -0.3 is 15.0 Å². The SMILES string of the molecule is CCCCn1c(S)nc2c(C(N)=O)nc(-c3ccc(OCC)cc3)nc21. The molecular weight excluding hydrogens is 350 g/mol. The van der Waals surface area contributed by atoms with Crippen molar-refractivity contribution in [3.63, 3.8) is 0 Å². The number of nitrogens with zero attached hydrogens (tertiary/aromatic N) is 4. The summed E-state index contributed by atoms with van der Waals surface area (Å²) in [7, 11) is 0. The number of hydrogen-bond acceptors (Lipinski definition) is 6. The van der Waals surface area contributed by atoms with Crippen LogP contribution < -0.4 is 10.5 Å². The van der Waals surface area contributed by atoms with Gasteiger partial charge in [0.1, 0.15) is 11.3 Å². The molecule has 0 saturated heterocycles. The highest BCUT2D eigenvalue weighted by molar-refractivity contribution is 7.80. The third-order valence-electron chi connectivity index (χ3n) is 3.97. The average molecular weight is 371 g/mol. The summed E-state index contributed by atoms with van der Waals surface area (Å²) in [5.74, 6) is 0.538. The molecule has 0 unspecified atom stereocenters. The van der Waals surface area contributed by atoms with Crippen molar-refractivity contribution in [2.24, 2.45) is 5.73 Å². The predicted molar refractivity (Wildman–Crippen MR) is 103 cm³/mol. The van der Waals surface area contributed by atoms with Crippen molar-refractivity contribution in [1.82, 2.24) is 19.5 Å². The number of carbonyl (C=O) groups excluding carboxylic acids is 1. The van der Waals surface area contributed by atoms with E-state index in [-0.39, 0.29) is 5.69 Å². The molecule has 8 heteroatoms. The van der Waals surface area contributed by atoms with Crippen LogP contribution in [0, 0.1) is 0 Å². The zero-order valence-electron chi connectivity index (χ0n) is 14.8. The molecule has 0 aliphatic heterocycles. The molecule has 1 aromatic carbocycles. The molecule has 0 aliphatic rings. The Hall–Kier alpha value is -2.61. The van der Waals surface area contributed by atoms with E-state index in [0.29, 0.717) is 35.3 Å². The van der Waals surface area contributed by atoms with Crippen LogP contribution in [0.25, 0.3) is 22.6 Å². The second-order valence-electron chi connectivity index (χ2n) is 5.81. The van der Waals surface area contributed by atoms with Crippen molar-refractivity contribution in [1.29, 1.82) is 0 Å².